The molecule has 0 aromatic heterocycles. The first-order chi connectivity index (χ1) is 39.2. The van der Waals surface area contributed by atoms with Crippen molar-refractivity contribution in [1.29, 1.82) is 0 Å². The smallest absolute Gasteiger partial charge is 0.462 e. The van der Waals surface area contributed by atoms with Gasteiger partial charge in [-0.3, -0.25) is 37.3 Å². The number of ether oxygens (including phenoxy) is 4. The lowest BCUT2D eigenvalue weighted by molar-refractivity contribution is -0.161. The number of unbranched alkanes of at least 4 members (excludes halogenated alkanes) is 24. The summed E-state index contributed by atoms with van der Waals surface area (Å²) in [6.07, 6.45) is 32.3. The summed E-state index contributed by atoms with van der Waals surface area (Å²) in [5.74, 6) is 0.750. The summed E-state index contributed by atoms with van der Waals surface area (Å²) in [6, 6.07) is 0. The molecule has 0 saturated carbocycles. The Morgan fingerprint density at radius 1 is 0.341 bits per heavy atom. The lowest BCUT2D eigenvalue weighted by atomic mass is 9.99. The second-order valence-corrected chi connectivity index (χ2v) is 27.1. The number of hydrogen-bond acceptors (Lipinski definition) is 15. The van der Waals surface area contributed by atoms with Crippen LogP contribution in [0.1, 0.15) is 299 Å². The van der Waals surface area contributed by atoms with Crippen LogP contribution in [0.25, 0.3) is 0 Å². The number of phosphoric acid groups is 2. The van der Waals surface area contributed by atoms with Crippen LogP contribution < -0.4 is 0 Å². The van der Waals surface area contributed by atoms with Crippen LogP contribution in [0.5, 0.6) is 0 Å². The molecule has 3 N–H and O–H groups in total. The monoisotopic (exact) mass is 1210 g/mol. The third kappa shape index (κ3) is 54.7. The van der Waals surface area contributed by atoms with Crippen molar-refractivity contribution in [2.75, 3.05) is 39.6 Å². The number of aliphatic hydroxyl groups excluding tert-OH is 1. The van der Waals surface area contributed by atoms with Crippen molar-refractivity contribution < 1.29 is 80.2 Å². The van der Waals surface area contributed by atoms with Crippen LogP contribution in [0.4, 0.5) is 0 Å². The predicted octanol–water partition coefficient (Wildman–Crippen LogP) is 17.0. The van der Waals surface area contributed by atoms with E-state index in [2.05, 4.69) is 55.4 Å². The topological polar surface area (TPSA) is 237 Å². The van der Waals surface area contributed by atoms with Gasteiger partial charge in [0.15, 0.2) is 12.2 Å². The summed E-state index contributed by atoms with van der Waals surface area (Å²) in [7, 11) is -9.89. The van der Waals surface area contributed by atoms with E-state index in [9.17, 15) is 43.2 Å². The molecule has 486 valence electrons. The second-order valence-electron chi connectivity index (χ2n) is 24.2. The van der Waals surface area contributed by atoms with E-state index in [1.54, 1.807) is 0 Å². The second kappa shape index (κ2) is 53.3. The summed E-state index contributed by atoms with van der Waals surface area (Å²) in [6.45, 7) is 13.9. The molecule has 0 heterocycles. The summed E-state index contributed by atoms with van der Waals surface area (Å²) < 4.78 is 67.9. The lowest BCUT2D eigenvalue weighted by Crippen LogP contribution is -2.30. The van der Waals surface area contributed by atoms with Crippen LogP contribution in [0.3, 0.4) is 0 Å². The molecular weight excluding hydrogens is 1090 g/mol. The molecule has 0 aliphatic heterocycles. The van der Waals surface area contributed by atoms with Gasteiger partial charge in [0.05, 0.1) is 26.4 Å². The number of phosphoric ester groups is 2. The minimum absolute atomic E-state index is 0.101. The fraction of sp³-hybridized carbons (Fsp3) is 0.937. The van der Waals surface area contributed by atoms with Gasteiger partial charge >= 0.3 is 39.5 Å². The van der Waals surface area contributed by atoms with Gasteiger partial charge in [0.1, 0.15) is 19.3 Å². The van der Waals surface area contributed by atoms with Crippen LogP contribution in [0.15, 0.2) is 0 Å². The van der Waals surface area contributed by atoms with Crippen molar-refractivity contribution in [2.45, 2.75) is 318 Å². The van der Waals surface area contributed by atoms with E-state index in [0.717, 1.165) is 114 Å². The highest BCUT2D eigenvalue weighted by Crippen LogP contribution is 2.45. The van der Waals surface area contributed by atoms with Crippen LogP contribution in [-0.4, -0.2) is 96.7 Å². The lowest BCUT2D eigenvalue weighted by Gasteiger charge is -2.21. The summed E-state index contributed by atoms with van der Waals surface area (Å²) in [5.41, 5.74) is 0. The Labute approximate surface area is 498 Å². The maximum Gasteiger partial charge on any atom is 0.472 e. The van der Waals surface area contributed by atoms with Crippen molar-refractivity contribution in [3.63, 3.8) is 0 Å². The van der Waals surface area contributed by atoms with Crippen molar-refractivity contribution >= 4 is 39.5 Å². The van der Waals surface area contributed by atoms with Gasteiger partial charge in [-0.25, -0.2) is 9.13 Å². The molecule has 0 spiro atoms. The fourth-order valence-corrected chi connectivity index (χ4v) is 10.8. The third-order valence-corrected chi connectivity index (χ3v) is 16.9. The zero-order valence-corrected chi connectivity index (χ0v) is 54.9. The number of rotatable bonds is 60. The Morgan fingerprint density at radius 2 is 0.585 bits per heavy atom. The number of esters is 4. The Morgan fingerprint density at radius 3 is 0.866 bits per heavy atom. The normalized spacial score (nSPS) is 15.1. The SMILES string of the molecule is CCC(C)CCCCCCCCCCC(=O)O[C@H](COC(=O)CCCCCCCCCCC(C)C)COP(=O)(O)OCC(O)COP(=O)(O)OC[C@@H](COC(=O)CCCCCCCCC(C)C)OC(=O)CCCCCCCCC(C)CC. The first-order valence-corrected chi connectivity index (χ1v) is 35.8. The first kappa shape index (κ1) is 80.1. The van der Waals surface area contributed by atoms with Crippen LogP contribution >= 0.6 is 15.6 Å². The molecule has 82 heavy (non-hydrogen) atoms. The highest BCUT2D eigenvalue weighted by molar-refractivity contribution is 7.47. The molecule has 0 fully saturated rings. The van der Waals surface area contributed by atoms with Crippen molar-refractivity contribution in [1.82, 2.24) is 0 Å². The molecular formula is C63H122O17P2. The van der Waals surface area contributed by atoms with Gasteiger partial charge in [0.25, 0.3) is 0 Å². The molecule has 0 bridgehead atoms. The van der Waals surface area contributed by atoms with Gasteiger partial charge in [-0.15, -0.1) is 0 Å². The molecule has 0 saturated heterocycles. The Bertz CT molecular complexity index is 1650. The highest BCUT2D eigenvalue weighted by Gasteiger charge is 2.30. The van der Waals surface area contributed by atoms with E-state index >= 15 is 0 Å². The Hall–Kier alpha value is -1.94. The average Bonchev–Trinajstić information content (AvgIpc) is 3.43. The molecule has 0 aromatic carbocycles. The molecule has 17 nitrogen and oxygen atoms in total. The fourth-order valence-electron chi connectivity index (χ4n) is 9.19. The average molecular weight is 1210 g/mol. The van der Waals surface area contributed by atoms with Crippen molar-refractivity contribution in [3.05, 3.63) is 0 Å². The van der Waals surface area contributed by atoms with E-state index in [1.807, 2.05) is 0 Å². The Balaban J connectivity index is 5.26. The van der Waals surface area contributed by atoms with Gasteiger partial charge in [0.2, 0.25) is 0 Å². The molecule has 19 heteroatoms. The van der Waals surface area contributed by atoms with Crippen LogP contribution in [0, 0.1) is 23.7 Å². The number of aliphatic hydroxyl groups is 1. The zero-order chi connectivity index (χ0) is 61.1. The van der Waals surface area contributed by atoms with Crippen molar-refractivity contribution in [2.24, 2.45) is 23.7 Å². The van der Waals surface area contributed by atoms with Crippen LogP contribution in [0.2, 0.25) is 0 Å². The van der Waals surface area contributed by atoms with E-state index in [0.29, 0.717) is 31.6 Å². The minimum Gasteiger partial charge on any atom is -0.462 e. The zero-order valence-electron chi connectivity index (χ0n) is 53.1. The van der Waals surface area contributed by atoms with E-state index in [1.165, 1.54) is 96.3 Å². The molecule has 5 unspecified atom stereocenters. The van der Waals surface area contributed by atoms with Crippen molar-refractivity contribution in [3.8, 4) is 0 Å². The number of carbonyl (C=O) groups excluding carboxylic acids is 4. The third-order valence-electron chi connectivity index (χ3n) is 15.0. The number of carbonyl (C=O) groups is 4. The molecule has 0 amide bonds. The first-order valence-electron chi connectivity index (χ1n) is 32.8. The van der Waals surface area contributed by atoms with E-state index < -0.39 is 97.5 Å². The molecule has 0 radical (unpaired) electrons. The Kier molecular flexibility index (Phi) is 52.0. The highest BCUT2D eigenvalue weighted by atomic mass is 31.2. The van der Waals surface area contributed by atoms with Gasteiger partial charge < -0.3 is 33.8 Å². The van der Waals surface area contributed by atoms with E-state index in [4.69, 9.17) is 37.0 Å². The molecule has 0 aromatic rings. The molecule has 7 atom stereocenters. The minimum atomic E-state index is -4.94. The van der Waals surface area contributed by atoms with Gasteiger partial charge in [0, 0.05) is 25.7 Å². The largest absolute Gasteiger partial charge is 0.472 e. The number of hydrogen-bond donors (Lipinski definition) is 3. The maximum absolute atomic E-state index is 13.0. The molecule has 0 aliphatic carbocycles. The molecule has 0 rings (SSSR count). The predicted molar refractivity (Wildman–Crippen MR) is 326 cm³/mol. The van der Waals surface area contributed by atoms with E-state index in [-0.39, 0.29) is 25.7 Å². The summed E-state index contributed by atoms with van der Waals surface area (Å²) in [4.78, 5) is 72.1. The summed E-state index contributed by atoms with van der Waals surface area (Å²) in [5, 5.41) is 10.5. The van der Waals surface area contributed by atoms with Gasteiger partial charge in [-0.2, -0.15) is 0 Å². The van der Waals surface area contributed by atoms with Crippen LogP contribution in [-0.2, 0) is 65.4 Å². The maximum atomic E-state index is 13.0. The summed E-state index contributed by atoms with van der Waals surface area (Å²) >= 11 is 0. The standard InChI is InChI=1S/C63H122O17P2/c1-9-55(7)41-33-25-16-12-14-18-29-37-45-62(67)79-58(49-73-60(65)43-35-27-17-13-11-15-23-31-39-53(3)4)51-77-81(69,70)75-47-57(64)48-76-82(71,72)78-52-59(50-74-61(66)44-36-28-21-19-24-32-40-54(5)6)80-63(68)46-38-30-22-20-26-34-42-56(8)10-2/h53-59,64H,9-52H2,1-8H3,(H,69,70)(H,71,72)/t55?,56?,57?,58-,59-/m1/s1. The van der Waals surface area contributed by atoms with Gasteiger partial charge in [-0.1, -0.05) is 248 Å². The quantitative estimate of drug-likeness (QED) is 0.0222. The molecule has 0 aliphatic rings. The van der Waals surface area contributed by atoms with Gasteiger partial charge in [-0.05, 0) is 49.4 Å².